The van der Waals surface area contributed by atoms with E-state index in [2.05, 4.69) is 37.2 Å². The van der Waals surface area contributed by atoms with E-state index in [0.717, 1.165) is 27.6 Å². The molecule has 7 rings (SSSR count). The van der Waals surface area contributed by atoms with E-state index in [9.17, 15) is 9.59 Å². The van der Waals surface area contributed by atoms with Gasteiger partial charge in [0.2, 0.25) is 11.8 Å². The van der Waals surface area contributed by atoms with Gasteiger partial charge in [0, 0.05) is 74.9 Å². The summed E-state index contributed by atoms with van der Waals surface area (Å²) in [5.74, 6) is 0.0504. The minimum absolute atomic E-state index is 0.0132. The zero-order chi connectivity index (χ0) is 39.4. The van der Waals surface area contributed by atoms with E-state index >= 15 is 4.39 Å². The van der Waals surface area contributed by atoms with Crippen molar-refractivity contribution in [2.24, 2.45) is 0 Å². The van der Waals surface area contributed by atoms with Crippen molar-refractivity contribution in [3.05, 3.63) is 90.7 Å². The summed E-state index contributed by atoms with van der Waals surface area (Å²) in [6.07, 6.45) is 6.36. The van der Waals surface area contributed by atoms with Gasteiger partial charge < -0.3 is 24.4 Å². The van der Waals surface area contributed by atoms with Crippen molar-refractivity contribution >= 4 is 34.0 Å². The monoisotopic (exact) mass is 763 g/mol. The lowest BCUT2D eigenvalue weighted by molar-refractivity contribution is -0.131. The number of aromatic amines is 1. The molecule has 0 aliphatic carbocycles. The molecule has 2 amide bonds. The molecule has 56 heavy (non-hydrogen) atoms. The van der Waals surface area contributed by atoms with Crippen molar-refractivity contribution < 1.29 is 28.2 Å². The van der Waals surface area contributed by atoms with Gasteiger partial charge in [-0.1, -0.05) is 18.7 Å². The van der Waals surface area contributed by atoms with Crippen LogP contribution in [0.2, 0.25) is 0 Å². The third-order valence-electron chi connectivity index (χ3n) is 10.3. The number of aromatic nitrogens is 6. The number of halogens is 1. The number of hydrogen-bond acceptors (Lipinski definition) is 10. The highest BCUT2D eigenvalue weighted by Crippen LogP contribution is 2.34. The van der Waals surface area contributed by atoms with Crippen molar-refractivity contribution in [2.45, 2.75) is 44.9 Å². The topological polar surface area (TPSA) is 153 Å². The Labute approximate surface area is 324 Å². The average molecular weight is 764 g/mol. The van der Waals surface area contributed by atoms with Crippen LogP contribution in [0, 0.1) is 5.82 Å². The second-order valence-corrected chi connectivity index (χ2v) is 14.3. The number of carbonyl (C=O) groups is 2. The maximum absolute atomic E-state index is 15.2. The highest BCUT2D eigenvalue weighted by Gasteiger charge is 2.44. The number of H-pyrrole nitrogens is 1. The number of ether oxygens (including phenoxy) is 3. The first-order chi connectivity index (χ1) is 27.1. The van der Waals surface area contributed by atoms with Crippen LogP contribution in [0.25, 0.3) is 39.1 Å². The van der Waals surface area contributed by atoms with Gasteiger partial charge in [0.05, 0.1) is 36.9 Å². The van der Waals surface area contributed by atoms with Gasteiger partial charge in [-0.05, 0) is 74.2 Å². The number of amides is 2. The molecule has 5 heterocycles. The highest BCUT2D eigenvalue weighted by atomic mass is 19.1. The van der Waals surface area contributed by atoms with Crippen LogP contribution in [-0.2, 0) is 25.6 Å². The molecule has 2 aliphatic rings. The molecule has 0 radical (unpaired) electrons. The number of nitrogens with zero attached hydrogens (tertiary/aromatic N) is 7. The molecule has 0 unspecified atom stereocenters. The minimum Gasteiger partial charge on any atom is -0.475 e. The Morgan fingerprint density at radius 3 is 2.62 bits per heavy atom. The van der Waals surface area contributed by atoms with Crippen molar-refractivity contribution in [1.82, 2.24) is 39.7 Å². The smallest absolute Gasteiger partial charge is 0.253 e. The van der Waals surface area contributed by atoms with E-state index in [1.807, 2.05) is 49.1 Å². The van der Waals surface area contributed by atoms with Gasteiger partial charge in [-0.2, -0.15) is 10.2 Å². The standard InChI is InChI=1S/C41H46FN9O5/c1-26(2)56-36-11-7-30(22-43-36)38-33-21-31(8-10-35(33)46-47-38)45-40(53)27(3)41(55-5)14-17-49(24-41)23-37(52)50-15-12-28(13-16-50)29-6-9-32(34(42)20-29)39-44-25-51(48-39)18-19-54-4/h6-12,20-22,25-26H,3,13-19,23-24H2,1-2,4-5H3,(H,45,53)(H,46,47)/t41-/m0/s1. The number of anilines is 1. The van der Waals surface area contributed by atoms with Gasteiger partial charge in [-0.25, -0.2) is 14.4 Å². The SMILES string of the molecule is C=C(C(=O)Nc1ccc2[nH]nc(-c3ccc(OC(C)C)nc3)c2c1)[C@]1(OC)CCN(CC(=O)N2CC=C(c3ccc(-c4ncn(CCOC)n4)c(F)c3)CC2)C1. The number of methoxy groups -OCH3 is 2. The van der Waals surface area contributed by atoms with Gasteiger partial charge in [-0.3, -0.25) is 24.3 Å². The molecule has 14 nitrogen and oxygen atoms in total. The lowest BCUT2D eigenvalue weighted by Gasteiger charge is -2.31. The fourth-order valence-electron chi connectivity index (χ4n) is 7.14. The molecule has 0 bridgehead atoms. The van der Waals surface area contributed by atoms with E-state index in [-0.39, 0.29) is 30.0 Å². The summed E-state index contributed by atoms with van der Waals surface area (Å²) in [6.45, 7) is 11.1. The molecule has 0 saturated carbocycles. The van der Waals surface area contributed by atoms with E-state index in [4.69, 9.17) is 14.2 Å². The first-order valence-corrected chi connectivity index (χ1v) is 18.6. The van der Waals surface area contributed by atoms with Crippen LogP contribution in [-0.4, -0.2) is 117 Å². The van der Waals surface area contributed by atoms with Crippen LogP contribution in [0.3, 0.4) is 0 Å². The molecule has 1 atom stereocenters. The number of hydrogen-bond donors (Lipinski definition) is 2. The molecule has 1 saturated heterocycles. The van der Waals surface area contributed by atoms with Crippen LogP contribution in [0.15, 0.2) is 79.3 Å². The molecule has 1 fully saturated rings. The molecule has 15 heteroatoms. The molecule has 2 N–H and O–H groups in total. The zero-order valence-corrected chi connectivity index (χ0v) is 32.0. The largest absolute Gasteiger partial charge is 0.475 e. The number of rotatable bonds is 14. The second-order valence-electron chi connectivity index (χ2n) is 14.3. The molecular weight excluding hydrogens is 718 g/mol. The van der Waals surface area contributed by atoms with Gasteiger partial charge in [0.25, 0.3) is 5.91 Å². The van der Waals surface area contributed by atoms with Crippen molar-refractivity contribution in [1.29, 1.82) is 0 Å². The van der Waals surface area contributed by atoms with Crippen molar-refractivity contribution in [2.75, 3.05) is 58.9 Å². The third-order valence-corrected chi connectivity index (χ3v) is 10.3. The summed E-state index contributed by atoms with van der Waals surface area (Å²) in [5.41, 5.74) is 4.29. The van der Waals surface area contributed by atoms with E-state index in [1.54, 1.807) is 54.5 Å². The fourth-order valence-corrected chi connectivity index (χ4v) is 7.14. The number of fused-ring (bicyclic) bond motifs is 1. The van der Waals surface area contributed by atoms with Crippen molar-refractivity contribution in [3.8, 4) is 28.5 Å². The van der Waals surface area contributed by atoms with Crippen LogP contribution >= 0.6 is 0 Å². The van der Waals surface area contributed by atoms with Crippen molar-refractivity contribution in [3.63, 3.8) is 0 Å². The Kier molecular flexibility index (Phi) is 11.4. The number of benzene rings is 2. The van der Waals surface area contributed by atoms with Gasteiger partial charge in [-0.15, -0.1) is 0 Å². The Morgan fingerprint density at radius 2 is 1.91 bits per heavy atom. The zero-order valence-electron chi connectivity index (χ0n) is 32.0. The lowest BCUT2D eigenvalue weighted by Crippen LogP contribution is -2.45. The lowest BCUT2D eigenvalue weighted by atomic mass is 9.92. The minimum atomic E-state index is -0.955. The van der Waals surface area contributed by atoms with Gasteiger partial charge in [0.1, 0.15) is 23.4 Å². The number of carbonyl (C=O) groups excluding carboxylic acids is 2. The molecule has 2 aromatic carbocycles. The number of pyridine rings is 1. The summed E-state index contributed by atoms with van der Waals surface area (Å²) >= 11 is 0. The fraction of sp³-hybridized carbons (Fsp3) is 0.366. The summed E-state index contributed by atoms with van der Waals surface area (Å²) in [6, 6.07) is 14.3. The predicted octanol–water partition coefficient (Wildman–Crippen LogP) is 5.36. The molecule has 3 aromatic heterocycles. The Hall–Kier alpha value is -5.77. The van der Waals surface area contributed by atoms with E-state index < -0.39 is 11.4 Å². The normalized spacial score (nSPS) is 17.4. The molecule has 0 spiro atoms. The quantitative estimate of drug-likeness (QED) is 0.142. The first-order valence-electron chi connectivity index (χ1n) is 18.6. The maximum Gasteiger partial charge on any atom is 0.253 e. The van der Waals surface area contributed by atoms with Crippen LogP contribution < -0.4 is 10.1 Å². The maximum atomic E-state index is 15.2. The Morgan fingerprint density at radius 1 is 1.07 bits per heavy atom. The molecule has 2 aliphatic heterocycles. The molecule has 5 aromatic rings. The van der Waals surface area contributed by atoms with Crippen LogP contribution in [0.1, 0.15) is 32.3 Å². The Bertz CT molecular complexity index is 2270. The third kappa shape index (κ3) is 8.25. The van der Waals surface area contributed by atoms with E-state index in [0.29, 0.717) is 80.8 Å². The summed E-state index contributed by atoms with van der Waals surface area (Å²) in [5, 5.41) is 15.7. The summed E-state index contributed by atoms with van der Waals surface area (Å²) in [4.78, 5) is 39.5. The summed E-state index contributed by atoms with van der Waals surface area (Å²) < 4.78 is 33.5. The van der Waals surface area contributed by atoms with Gasteiger partial charge >= 0.3 is 0 Å². The number of likely N-dealkylation sites (tertiary alicyclic amines) is 1. The number of nitrogens with one attached hydrogen (secondary N) is 2. The second kappa shape index (κ2) is 16.5. The Balaban J connectivity index is 0.939. The highest BCUT2D eigenvalue weighted by molar-refractivity contribution is 6.06. The van der Waals surface area contributed by atoms with Crippen LogP contribution in [0.4, 0.5) is 10.1 Å². The van der Waals surface area contributed by atoms with Gasteiger partial charge in [0.15, 0.2) is 5.82 Å². The van der Waals surface area contributed by atoms with Crippen LogP contribution in [0.5, 0.6) is 5.88 Å². The average Bonchev–Trinajstić information content (AvgIpc) is 3.96. The molecular formula is C41H46FN9O5. The molecule has 292 valence electrons. The van der Waals surface area contributed by atoms with E-state index in [1.165, 1.54) is 6.07 Å². The first kappa shape index (κ1) is 38.5. The predicted molar refractivity (Wildman–Crippen MR) is 210 cm³/mol. The summed E-state index contributed by atoms with van der Waals surface area (Å²) in [7, 11) is 3.18.